The van der Waals surface area contributed by atoms with Crippen molar-refractivity contribution in [1.29, 1.82) is 0 Å². The van der Waals surface area contributed by atoms with Gasteiger partial charge in [-0.1, -0.05) is 35.8 Å². The number of nitrogens with two attached hydrogens (primary N) is 1. The van der Waals surface area contributed by atoms with Crippen molar-refractivity contribution < 1.29 is 9.59 Å². The molecule has 2 rings (SSSR count). The van der Waals surface area contributed by atoms with Gasteiger partial charge in [0.2, 0.25) is 11.8 Å². The normalized spacial score (nSPS) is 20.3. The van der Waals surface area contributed by atoms with Crippen LogP contribution in [0.5, 0.6) is 0 Å². The zero-order valence-electron chi connectivity index (χ0n) is 14.5. The second-order valence-corrected chi connectivity index (χ2v) is 8.08. The lowest BCUT2D eigenvalue weighted by atomic mass is 9.90. The Labute approximate surface area is 152 Å². The SMILES string of the molecule is CC(C)CC(C)(CN)NC(=O)C1CCN(c2cccc(Br)c2)C1=O. The number of amides is 2. The van der Waals surface area contributed by atoms with Gasteiger partial charge in [0.1, 0.15) is 5.92 Å². The summed E-state index contributed by atoms with van der Waals surface area (Å²) in [5.74, 6) is -0.584. The van der Waals surface area contributed by atoms with Gasteiger partial charge in [-0.3, -0.25) is 9.59 Å². The van der Waals surface area contributed by atoms with E-state index in [0.29, 0.717) is 25.4 Å². The van der Waals surface area contributed by atoms with Gasteiger partial charge in [0, 0.05) is 28.8 Å². The number of nitrogens with one attached hydrogen (secondary N) is 1. The molecule has 1 aliphatic rings. The third-order valence-electron chi connectivity index (χ3n) is 4.38. The maximum Gasteiger partial charge on any atom is 0.239 e. The summed E-state index contributed by atoms with van der Waals surface area (Å²) in [6.45, 7) is 7.03. The number of nitrogens with zero attached hydrogens (tertiary/aromatic N) is 1. The Kier molecular flexibility index (Phi) is 6.04. The van der Waals surface area contributed by atoms with Crippen molar-refractivity contribution in [3.63, 3.8) is 0 Å². The molecule has 2 unspecified atom stereocenters. The molecular formula is C18H26BrN3O2. The number of halogens is 1. The first-order valence-electron chi connectivity index (χ1n) is 8.35. The molecule has 1 heterocycles. The molecule has 1 aliphatic heterocycles. The fraction of sp³-hybridized carbons (Fsp3) is 0.556. The van der Waals surface area contributed by atoms with Gasteiger partial charge in [-0.15, -0.1) is 0 Å². The van der Waals surface area contributed by atoms with E-state index in [1.807, 2.05) is 31.2 Å². The lowest BCUT2D eigenvalue weighted by molar-refractivity contribution is -0.133. The summed E-state index contributed by atoms with van der Waals surface area (Å²) >= 11 is 3.41. The van der Waals surface area contributed by atoms with Crippen molar-refractivity contribution in [1.82, 2.24) is 5.32 Å². The molecule has 1 aromatic rings. The fourth-order valence-electron chi connectivity index (χ4n) is 3.29. The largest absolute Gasteiger partial charge is 0.349 e. The smallest absolute Gasteiger partial charge is 0.239 e. The van der Waals surface area contributed by atoms with Crippen LogP contribution in [0.15, 0.2) is 28.7 Å². The molecule has 2 atom stereocenters. The van der Waals surface area contributed by atoms with E-state index in [0.717, 1.165) is 16.6 Å². The lowest BCUT2D eigenvalue weighted by Crippen LogP contribution is -2.54. The summed E-state index contributed by atoms with van der Waals surface area (Å²) in [6.07, 6.45) is 1.31. The van der Waals surface area contributed by atoms with Crippen LogP contribution in [0.4, 0.5) is 5.69 Å². The van der Waals surface area contributed by atoms with Crippen molar-refractivity contribution in [3.05, 3.63) is 28.7 Å². The molecule has 0 aromatic heterocycles. The van der Waals surface area contributed by atoms with Crippen LogP contribution in [0.25, 0.3) is 0 Å². The third kappa shape index (κ3) is 4.36. The Morgan fingerprint density at radius 1 is 1.50 bits per heavy atom. The van der Waals surface area contributed by atoms with Gasteiger partial charge < -0.3 is 16.0 Å². The highest BCUT2D eigenvalue weighted by atomic mass is 79.9. The molecule has 6 heteroatoms. The van der Waals surface area contributed by atoms with Gasteiger partial charge in [0.15, 0.2) is 0 Å². The number of carbonyl (C=O) groups is 2. The molecule has 0 bridgehead atoms. The molecule has 0 aliphatic carbocycles. The maximum atomic E-state index is 12.7. The van der Waals surface area contributed by atoms with E-state index in [-0.39, 0.29) is 11.8 Å². The highest BCUT2D eigenvalue weighted by Gasteiger charge is 2.39. The zero-order valence-corrected chi connectivity index (χ0v) is 16.1. The van der Waals surface area contributed by atoms with Gasteiger partial charge in [-0.2, -0.15) is 0 Å². The summed E-state index contributed by atoms with van der Waals surface area (Å²) in [5, 5.41) is 3.01. The molecule has 1 aromatic carbocycles. The van der Waals surface area contributed by atoms with Gasteiger partial charge in [-0.25, -0.2) is 0 Å². The summed E-state index contributed by atoms with van der Waals surface area (Å²) in [7, 11) is 0. The molecule has 132 valence electrons. The first kappa shape index (κ1) is 18.9. The predicted molar refractivity (Wildman–Crippen MR) is 99.7 cm³/mol. The summed E-state index contributed by atoms with van der Waals surface area (Å²) in [6, 6.07) is 7.56. The second kappa shape index (κ2) is 7.66. The van der Waals surface area contributed by atoms with Gasteiger partial charge >= 0.3 is 0 Å². The van der Waals surface area contributed by atoms with Gasteiger partial charge in [0.25, 0.3) is 0 Å². The Bertz CT molecular complexity index is 620. The highest BCUT2D eigenvalue weighted by Crippen LogP contribution is 2.28. The van der Waals surface area contributed by atoms with E-state index >= 15 is 0 Å². The van der Waals surface area contributed by atoms with Crippen LogP contribution in [0, 0.1) is 11.8 Å². The minimum atomic E-state index is -0.637. The van der Waals surface area contributed by atoms with Crippen molar-refractivity contribution in [2.75, 3.05) is 18.0 Å². The number of hydrogen-bond acceptors (Lipinski definition) is 3. The monoisotopic (exact) mass is 395 g/mol. The molecule has 1 fully saturated rings. The predicted octanol–water partition coefficient (Wildman–Crippen LogP) is 2.68. The average Bonchev–Trinajstić information content (AvgIpc) is 2.88. The topological polar surface area (TPSA) is 75.4 Å². The molecule has 0 radical (unpaired) electrons. The van der Waals surface area contributed by atoms with E-state index in [4.69, 9.17) is 5.73 Å². The van der Waals surface area contributed by atoms with Crippen molar-refractivity contribution in [2.45, 2.75) is 39.2 Å². The summed E-state index contributed by atoms with van der Waals surface area (Å²) in [4.78, 5) is 27.0. The van der Waals surface area contributed by atoms with Crippen LogP contribution in [0.2, 0.25) is 0 Å². The highest BCUT2D eigenvalue weighted by molar-refractivity contribution is 9.10. The van der Waals surface area contributed by atoms with Crippen LogP contribution in [-0.2, 0) is 9.59 Å². The molecule has 24 heavy (non-hydrogen) atoms. The van der Waals surface area contributed by atoms with Crippen molar-refractivity contribution in [3.8, 4) is 0 Å². The Morgan fingerprint density at radius 2 is 2.21 bits per heavy atom. The third-order valence-corrected chi connectivity index (χ3v) is 4.87. The van der Waals surface area contributed by atoms with Crippen LogP contribution in [-0.4, -0.2) is 30.4 Å². The van der Waals surface area contributed by atoms with Crippen LogP contribution in [0.1, 0.15) is 33.6 Å². The first-order chi connectivity index (χ1) is 11.3. The zero-order chi connectivity index (χ0) is 17.9. The molecule has 5 nitrogen and oxygen atoms in total. The number of carbonyl (C=O) groups excluding carboxylic acids is 2. The Hall–Kier alpha value is -1.40. The molecular weight excluding hydrogens is 370 g/mol. The van der Waals surface area contributed by atoms with Crippen molar-refractivity contribution in [2.24, 2.45) is 17.6 Å². The van der Waals surface area contributed by atoms with Crippen LogP contribution in [0.3, 0.4) is 0 Å². The first-order valence-corrected chi connectivity index (χ1v) is 9.14. The number of benzene rings is 1. The number of hydrogen-bond donors (Lipinski definition) is 2. The minimum absolute atomic E-state index is 0.144. The molecule has 3 N–H and O–H groups in total. The fourth-order valence-corrected chi connectivity index (χ4v) is 3.68. The van der Waals surface area contributed by atoms with E-state index in [1.54, 1.807) is 4.90 Å². The minimum Gasteiger partial charge on any atom is -0.349 e. The number of rotatable bonds is 6. The summed E-state index contributed by atoms with van der Waals surface area (Å²) in [5.41, 5.74) is 6.19. The van der Waals surface area contributed by atoms with Gasteiger partial charge in [0.05, 0.1) is 0 Å². The van der Waals surface area contributed by atoms with E-state index in [2.05, 4.69) is 35.1 Å². The van der Waals surface area contributed by atoms with E-state index < -0.39 is 11.5 Å². The molecule has 2 amide bonds. The Morgan fingerprint density at radius 3 is 2.79 bits per heavy atom. The van der Waals surface area contributed by atoms with Crippen LogP contribution >= 0.6 is 15.9 Å². The second-order valence-electron chi connectivity index (χ2n) is 7.16. The summed E-state index contributed by atoms with van der Waals surface area (Å²) < 4.78 is 0.911. The standard InChI is InChI=1S/C18H26BrN3O2/c1-12(2)10-18(3,11-20)21-16(23)15-7-8-22(17(15)24)14-6-4-5-13(19)9-14/h4-6,9,12,15H,7-8,10-11,20H2,1-3H3,(H,21,23). The van der Waals surface area contributed by atoms with Gasteiger partial charge in [-0.05, 0) is 43.9 Å². The lowest BCUT2D eigenvalue weighted by Gasteiger charge is -2.32. The van der Waals surface area contributed by atoms with Crippen LogP contribution < -0.4 is 16.0 Å². The molecule has 0 saturated carbocycles. The quantitative estimate of drug-likeness (QED) is 0.726. The number of anilines is 1. The molecule has 1 saturated heterocycles. The van der Waals surface area contributed by atoms with E-state index in [1.165, 1.54) is 0 Å². The Balaban J connectivity index is 2.08. The maximum absolute atomic E-state index is 12.7. The van der Waals surface area contributed by atoms with E-state index in [9.17, 15) is 9.59 Å². The van der Waals surface area contributed by atoms with Crippen molar-refractivity contribution >= 4 is 33.4 Å². The molecule has 0 spiro atoms. The average molecular weight is 396 g/mol.